The summed E-state index contributed by atoms with van der Waals surface area (Å²) in [6.07, 6.45) is 0. The van der Waals surface area contributed by atoms with Crippen LogP contribution in [0.15, 0.2) is 64.2 Å². The molecular weight excluding hydrogens is 438 g/mol. The van der Waals surface area contributed by atoms with Crippen LogP contribution in [-0.2, 0) is 11.3 Å². The molecule has 0 fully saturated rings. The number of hydrogen-bond acceptors (Lipinski definition) is 7. The summed E-state index contributed by atoms with van der Waals surface area (Å²) < 4.78 is 17.8. The van der Waals surface area contributed by atoms with Crippen LogP contribution in [0.2, 0.25) is 0 Å². The molecule has 0 spiro atoms. The predicted octanol–water partition coefficient (Wildman–Crippen LogP) is 2.71. The maximum Gasteiger partial charge on any atom is 0.338 e. The van der Waals surface area contributed by atoms with Crippen LogP contribution in [0, 0.1) is 6.92 Å². The first-order chi connectivity index (χ1) is 16.4. The topological polar surface area (TPSA) is 102 Å². The number of ether oxygens (including phenoxy) is 3. The number of rotatable bonds is 6. The van der Waals surface area contributed by atoms with E-state index >= 15 is 0 Å². The van der Waals surface area contributed by atoms with Crippen LogP contribution >= 0.6 is 0 Å². The number of pyridine rings is 1. The zero-order valence-corrected chi connectivity index (χ0v) is 19.2. The zero-order chi connectivity index (χ0) is 24.4. The van der Waals surface area contributed by atoms with Crippen molar-refractivity contribution in [3.8, 4) is 17.2 Å². The first-order valence-electron chi connectivity index (χ1n) is 10.4. The third kappa shape index (κ3) is 4.03. The van der Waals surface area contributed by atoms with Gasteiger partial charge >= 0.3 is 11.7 Å². The van der Waals surface area contributed by atoms with Gasteiger partial charge < -0.3 is 14.2 Å². The van der Waals surface area contributed by atoms with E-state index in [4.69, 9.17) is 14.2 Å². The number of aromatic nitrogens is 3. The van der Waals surface area contributed by atoms with Crippen LogP contribution in [0.3, 0.4) is 0 Å². The Bertz CT molecular complexity index is 1500. The van der Waals surface area contributed by atoms with Gasteiger partial charge in [-0.05, 0) is 42.8 Å². The normalized spacial score (nSPS) is 10.8. The van der Waals surface area contributed by atoms with Gasteiger partial charge in [-0.2, -0.15) is 0 Å². The van der Waals surface area contributed by atoms with E-state index in [0.29, 0.717) is 28.4 Å². The molecule has 0 bridgehead atoms. The van der Waals surface area contributed by atoms with E-state index in [-0.39, 0.29) is 23.1 Å². The quantitative estimate of drug-likeness (QED) is 0.407. The second kappa shape index (κ2) is 9.22. The molecule has 34 heavy (non-hydrogen) atoms. The second-order valence-electron chi connectivity index (χ2n) is 7.56. The third-order valence-electron chi connectivity index (χ3n) is 5.44. The van der Waals surface area contributed by atoms with Crippen molar-refractivity contribution in [2.75, 3.05) is 21.3 Å². The Balaban J connectivity index is 2.09. The van der Waals surface area contributed by atoms with Crippen molar-refractivity contribution in [3.05, 3.63) is 92.3 Å². The van der Waals surface area contributed by atoms with Crippen LogP contribution < -0.4 is 20.7 Å². The summed E-state index contributed by atoms with van der Waals surface area (Å²) >= 11 is 0. The molecule has 0 unspecified atom stereocenters. The molecule has 2 aromatic heterocycles. The minimum atomic E-state index is -0.695. The summed E-state index contributed by atoms with van der Waals surface area (Å²) in [5, 5.41) is -0.00613. The number of benzene rings is 2. The average molecular weight is 461 g/mol. The van der Waals surface area contributed by atoms with Crippen LogP contribution in [0.25, 0.3) is 16.7 Å². The Hall–Kier alpha value is -4.40. The fraction of sp³-hybridized carbons (Fsp3) is 0.200. The molecule has 0 radical (unpaired) electrons. The van der Waals surface area contributed by atoms with Gasteiger partial charge in [0.1, 0.15) is 11.5 Å². The number of methoxy groups -OCH3 is 3. The van der Waals surface area contributed by atoms with Gasteiger partial charge in [0.05, 0.1) is 44.5 Å². The molecule has 2 aromatic carbocycles. The van der Waals surface area contributed by atoms with Gasteiger partial charge in [0, 0.05) is 11.8 Å². The standard InChI is InChI=1S/C25H23N3O6/c1-15-12-20(24(30)34-4)21-22(26-15)28(17-6-5-7-19(13-17)33-3)25(31)27(23(21)29)14-16-8-10-18(32-2)11-9-16/h5-13H,14H2,1-4H3. The summed E-state index contributed by atoms with van der Waals surface area (Å²) in [6, 6.07) is 15.3. The van der Waals surface area contributed by atoms with E-state index in [1.165, 1.54) is 24.9 Å². The van der Waals surface area contributed by atoms with E-state index in [0.717, 1.165) is 4.57 Å². The Morgan fingerprint density at radius 2 is 1.65 bits per heavy atom. The van der Waals surface area contributed by atoms with Crippen molar-refractivity contribution in [1.82, 2.24) is 14.1 Å². The lowest BCUT2D eigenvalue weighted by atomic mass is 10.1. The molecule has 0 amide bonds. The van der Waals surface area contributed by atoms with E-state index in [2.05, 4.69) is 4.98 Å². The van der Waals surface area contributed by atoms with Crippen LogP contribution in [0.1, 0.15) is 21.6 Å². The number of hydrogen-bond donors (Lipinski definition) is 0. The van der Waals surface area contributed by atoms with Gasteiger partial charge in [-0.3, -0.25) is 9.36 Å². The number of esters is 1. The average Bonchev–Trinajstić information content (AvgIpc) is 2.86. The van der Waals surface area contributed by atoms with Gasteiger partial charge in [-0.15, -0.1) is 0 Å². The minimum absolute atomic E-state index is 0.00613. The molecule has 9 nitrogen and oxygen atoms in total. The number of carbonyl (C=O) groups excluding carboxylic acids is 1. The monoisotopic (exact) mass is 461 g/mol. The lowest BCUT2D eigenvalue weighted by molar-refractivity contribution is 0.0602. The molecular formula is C25H23N3O6. The highest BCUT2D eigenvalue weighted by molar-refractivity contribution is 6.02. The summed E-state index contributed by atoms with van der Waals surface area (Å²) in [7, 11) is 4.30. The predicted molar refractivity (Wildman–Crippen MR) is 126 cm³/mol. The zero-order valence-electron chi connectivity index (χ0n) is 19.2. The highest BCUT2D eigenvalue weighted by Gasteiger charge is 2.23. The van der Waals surface area contributed by atoms with Gasteiger partial charge in [0.2, 0.25) is 0 Å². The fourth-order valence-corrected chi connectivity index (χ4v) is 3.77. The van der Waals surface area contributed by atoms with E-state index in [1.807, 2.05) is 0 Å². The Labute approximate surface area is 194 Å². The van der Waals surface area contributed by atoms with Crippen LogP contribution in [0.5, 0.6) is 11.5 Å². The minimum Gasteiger partial charge on any atom is -0.497 e. The number of carbonyl (C=O) groups is 1. The van der Waals surface area contributed by atoms with Crippen molar-refractivity contribution in [2.24, 2.45) is 0 Å². The molecule has 0 saturated heterocycles. The molecule has 0 aliphatic carbocycles. The summed E-state index contributed by atoms with van der Waals surface area (Å²) in [4.78, 5) is 44.3. The molecule has 0 aliphatic rings. The van der Waals surface area contributed by atoms with Crippen LogP contribution in [0.4, 0.5) is 0 Å². The molecule has 0 saturated carbocycles. The molecule has 2 heterocycles. The van der Waals surface area contributed by atoms with Crippen molar-refractivity contribution >= 4 is 17.0 Å². The summed E-state index contributed by atoms with van der Waals surface area (Å²) in [6.45, 7) is 1.66. The fourth-order valence-electron chi connectivity index (χ4n) is 3.77. The van der Waals surface area contributed by atoms with Gasteiger partial charge in [0.15, 0.2) is 5.65 Å². The second-order valence-corrected chi connectivity index (χ2v) is 7.56. The first kappa shape index (κ1) is 22.8. The number of fused-ring (bicyclic) bond motifs is 1. The largest absolute Gasteiger partial charge is 0.497 e. The number of aryl methyl sites for hydroxylation is 1. The van der Waals surface area contributed by atoms with Crippen molar-refractivity contribution in [1.29, 1.82) is 0 Å². The Kier molecular flexibility index (Phi) is 6.18. The van der Waals surface area contributed by atoms with Crippen LogP contribution in [-0.4, -0.2) is 41.4 Å². The van der Waals surface area contributed by atoms with Crippen molar-refractivity contribution in [2.45, 2.75) is 13.5 Å². The maximum atomic E-state index is 13.7. The highest BCUT2D eigenvalue weighted by Crippen LogP contribution is 2.21. The lowest BCUT2D eigenvalue weighted by Gasteiger charge is -2.16. The van der Waals surface area contributed by atoms with Crippen molar-refractivity contribution in [3.63, 3.8) is 0 Å². The smallest absolute Gasteiger partial charge is 0.338 e. The maximum absolute atomic E-state index is 13.7. The molecule has 174 valence electrons. The first-order valence-corrected chi connectivity index (χ1v) is 10.4. The van der Waals surface area contributed by atoms with E-state index in [1.54, 1.807) is 62.6 Å². The molecule has 0 atom stereocenters. The lowest BCUT2D eigenvalue weighted by Crippen LogP contribution is -2.40. The molecule has 0 aliphatic heterocycles. The van der Waals surface area contributed by atoms with Gasteiger partial charge in [-0.25, -0.2) is 19.1 Å². The highest BCUT2D eigenvalue weighted by atomic mass is 16.5. The molecule has 4 aromatic rings. The Morgan fingerprint density at radius 1 is 0.941 bits per heavy atom. The molecule has 0 N–H and O–H groups in total. The van der Waals surface area contributed by atoms with E-state index < -0.39 is 17.2 Å². The van der Waals surface area contributed by atoms with Gasteiger partial charge in [-0.1, -0.05) is 18.2 Å². The molecule has 4 rings (SSSR count). The number of nitrogens with zero attached hydrogens (tertiary/aromatic N) is 3. The summed E-state index contributed by atoms with van der Waals surface area (Å²) in [5.41, 5.74) is 0.461. The SMILES string of the molecule is COC(=O)c1cc(C)nc2c1c(=O)n(Cc1ccc(OC)cc1)c(=O)n2-c1cccc(OC)c1. The van der Waals surface area contributed by atoms with E-state index in [9.17, 15) is 14.4 Å². The molecule has 9 heteroatoms. The van der Waals surface area contributed by atoms with Gasteiger partial charge in [0.25, 0.3) is 5.56 Å². The third-order valence-corrected chi connectivity index (χ3v) is 5.44. The Morgan fingerprint density at radius 3 is 2.29 bits per heavy atom. The van der Waals surface area contributed by atoms with Crippen molar-refractivity contribution < 1.29 is 19.0 Å². The summed E-state index contributed by atoms with van der Waals surface area (Å²) in [5.74, 6) is 0.474.